The first-order valence-corrected chi connectivity index (χ1v) is 27.4. The van der Waals surface area contributed by atoms with Gasteiger partial charge in [0.2, 0.25) is 5.36 Å². The Morgan fingerprint density at radius 1 is 0.707 bits per heavy atom. The molecule has 1 amide bonds. The molecule has 0 spiro atoms. The number of fused-ring (bicyclic) bond motifs is 4. The zero-order valence-corrected chi connectivity index (χ0v) is 44.2. The van der Waals surface area contributed by atoms with E-state index in [1.54, 1.807) is 45.9 Å². The molecule has 0 aromatic heterocycles. The number of anilines is 4. The first-order valence-electron chi connectivity index (χ1n) is 24.9. The summed E-state index contributed by atoms with van der Waals surface area (Å²) in [5, 5.41) is 34.6. The Hall–Kier alpha value is -8.04. The summed E-state index contributed by atoms with van der Waals surface area (Å²) >= 11 is 5.71. The molecule has 2 aliphatic heterocycles. The second kappa shape index (κ2) is 22.2. The van der Waals surface area contributed by atoms with E-state index >= 15 is 0 Å². The zero-order valence-electron chi connectivity index (χ0n) is 41.7. The molecule has 4 aliphatic rings. The number of carbonyl (C=O) groups is 2. The molecule has 2 aliphatic carbocycles. The van der Waals surface area contributed by atoms with Gasteiger partial charge in [0.1, 0.15) is 41.7 Å². The van der Waals surface area contributed by atoms with Gasteiger partial charge < -0.3 is 45.0 Å². The number of hydrogen-bond donors (Lipinski definition) is 4. The highest BCUT2D eigenvalue weighted by molar-refractivity contribution is 8.76. The number of carboxylic acids is 1. The quantitative estimate of drug-likeness (QED) is 0.0336. The fraction of sp³-hybridized carbons (Fsp3) is 0.148. The topological polar surface area (TPSA) is 142 Å². The van der Waals surface area contributed by atoms with Crippen molar-refractivity contribution in [2.75, 3.05) is 47.0 Å². The number of phenols is 1. The van der Waals surface area contributed by atoms with Gasteiger partial charge in [0.25, 0.3) is 5.91 Å². The molecular formula is C61H53N5O6S3. The van der Waals surface area contributed by atoms with Crippen LogP contribution in [0.1, 0.15) is 66.0 Å². The Labute approximate surface area is 448 Å². The fourth-order valence-corrected chi connectivity index (χ4v) is 11.8. The van der Waals surface area contributed by atoms with Gasteiger partial charge in [-0.05, 0) is 161 Å². The Bertz CT molecular complexity index is 3670. The van der Waals surface area contributed by atoms with Gasteiger partial charge in [0, 0.05) is 108 Å². The van der Waals surface area contributed by atoms with Crippen molar-refractivity contribution in [1.29, 1.82) is 0 Å². The van der Waals surface area contributed by atoms with Crippen LogP contribution < -0.4 is 40.6 Å². The smallest absolute Gasteiger partial charge is 0.256 e. The van der Waals surface area contributed by atoms with Crippen LogP contribution in [0.4, 0.5) is 22.7 Å². The number of phenolic OH excluding ortho intramolecular Hbond substituents is 1. The number of aromatic carboxylic acids is 1. The minimum absolute atomic E-state index is 0.00483. The molecule has 0 radical (unpaired) electrons. The van der Waals surface area contributed by atoms with E-state index < -0.39 is 5.97 Å². The number of amides is 1. The van der Waals surface area contributed by atoms with Crippen LogP contribution in [0, 0.1) is 0 Å². The van der Waals surface area contributed by atoms with Crippen LogP contribution in [-0.4, -0.2) is 48.3 Å². The fourth-order valence-electron chi connectivity index (χ4n) is 9.62. The second-order valence-electron chi connectivity index (χ2n) is 17.8. The van der Waals surface area contributed by atoms with E-state index in [0.717, 1.165) is 91.7 Å². The summed E-state index contributed by atoms with van der Waals surface area (Å²) in [5.74, 6) is 0.269. The maximum atomic E-state index is 14.3. The Balaban J connectivity index is 0.809. The summed E-state index contributed by atoms with van der Waals surface area (Å²) in [6.07, 6.45) is 6.47. The molecule has 0 saturated heterocycles. The van der Waals surface area contributed by atoms with E-state index in [9.17, 15) is 19.8 Å². The molecule has 75 heavy (non-hydrogen) atoms. The van der Waals surface area contributed by atoms with Crippen LogP contribution in [0.5, 0.6) is 11.5 Å². The molecule has 2 heterocycles. The van der Waals surface area contributed by atoms with Crippen LogP contribution in [0.25, 0.3) is 39.0 Å². The molecule has 0 atom stereocenters. The van der Waals surface area contributed by atoms with Crippen molar-refractivity contribution in [3.63, 3.8) is 0 Å². The summed E-state index contributed by atoms with van der Waals surface area (Å²) in [5.41, 5.74) is 9.56. The number of hydrogen-bond acceptors (Lipinski definition) is 10. The number of rotatable bonds is 15. The molecular weight excluding hydrogens is 995 g/mol. The van der Waals surface area contributed by atoms with Crippen LogP contribution >= 0.6 is 33.8 Å². The summed E-state index contributed by atoms with van der Waals surface area (Å²) in [4.78, 5) is 31.1. The van der Waals surface area contributed by atoms with Crippen molar-refractivity contribution in [3.05, 3.63) is 203 Å². The predicted molar refractivity (Wildman–Crippen MR) is 308 cm³/mol. The first-order chi connectivity index (χ1) is 36.5. The molecule has 6 aromatic rings. The van der Waals surface area contributed by atoms with Gasteiger partial charge in [-0.1, -0.05) is 58.0 Å². The molecule has 14 heteroatoms. The van der Waals surface area contributed by atoms with Gasteiger partial charge in [-0.2, -0.15) is 0 Å². The summed E-state index contributed by atoms with van der Waals surface area (Å²) in [6, 6.07) is 45.9. The predicted octanol–water partition coefficient (Wildman–Crippen LogP) is 12.8. The third-order valence-corrected chi connectivity index (χ3v) is 15.9. The average Bonchev–Trinajstić information content (AvgIpc) is 3.42. The number of carbonyl (C=O) groups excluding carboxylic acids is 2. The lowest BCUT2D eigenvalue weighted by Crippen LogP contribution is -2.29. The summed E-state index contributed by atoms with van der Waals surface area (Å²) in [6.45, 7) is 12.1. The van der Waals surface area contributed by atoms with Gasteiger partial charge >= 0.3 is 0 Å². The average molecular weight is 1050 g/mol. The van der Waals surface area contributed by atoms with Gasteiger partial charge in [0.05, 0.1) is 12.0 Å². The third-order valence-electron chi connectivity index (χ3n) is 13.3. The van der Waals surface area contributed by atoms with E-state index in [1.165, 1.54) is 12.1 Å². The molecule has 10 rings (SSSR count). The number of ether oxygens (including phenoxy) is 1. The van der Waals surface area contributed by atoms with Crippen LogP contribution in [-0.2, 0) is 0 Å². The largest absolute Gasteiger partial charge is 0.545 e. The minimum atomic E-state index is -1.32. The zero-order chi connectivity index (χ0) is 52.2. The summed E-state index contributed by atoms with van der Waals surface area (Å²) < 4.78 is 15.1. The first kappa shape index (κ1) is 50.5. The number of allylic oxidation sites excluding steroid dienone is 3. The van der Waals surface area contributed by atoms with Gasteiger partial charge in [0.15, 0.2) is 5.11 Å². The molecule has 376 valence electrons. The minimum Gasteiger partial charge on any atom is -0.545 e. The molecule has 0 fully saturated rings. The molecule has 6 aromatic carbocycles. The van der Waals surface area contributed by atoms with Crippen molar-refractivity contribution in [3.8, 4) is 33.9 Å². The highest BCUT2D eigenvalue weighted by Gasteiger charge is 2.28. The Morgan fingerprint density at radius 2 is 1.39 bits per heavy atom. The van der Waals surface area contributed by atoms with E-state index in [0.29, 0.717) is 56.7 Å². The maximum absolute atomic E-state index is 14.3. The molecule has 0 bridgehead atoms. The van der Waals surface area contributed by atoms with Crippen molar-refractivity contribution >= 4 is 90.1 Å². The van der Waals surface area contributed by atoms with Crippen LogP contribution in [0.3, 0.4) is 0 Å². The number of benzene rings is 7. The maximum Gasteiger partial charge on any atom is 0.256 e. The van der Waals surface area contributed by atoms with Gasteiger partial charge in [-0.15, -0.1) is 0 Å². The van der Waals surface area contributed by atoms with Crippen molar-refractivity contribution < 1.29 is 29.0 Å². The van der Waals surface area contributed by atoms with Crippen molar-refractivity contribution in [1.82, 2.24) is 4.58 Å². The SMILES string of the molecule is CCN(CC)c1ccc2c(-c3ccccc3C(=O)Nc3ccc(SSc4ccc(NC(=S)Nc5ccc(C(=O)[O-])c(C6=C7C=CCC=C7Oc7cc(O)ccc76)c5)cc4)cc3)c3ccc(=[N+](CC)CC)cc-3oc2c1. The number of nitrogens with one attached hydrogen (secondary N) is 3. The van der Waals surface area contributed by atoms with Gasteiger partial charge in [-0.25, -0.2) is 4.58 Å². The van der Waals surface area contributed by atoms with Crippen LogP contribution in [0.15, 0.2) is 189 Å². The lowest BCUT2D eigenvalue weighted by Gasteiger charge is -2.28. The standard InChI is InChI=1S/C61H53N5O6S3/c1-5-65(6-2)40-22-30-49-54(34-40)72-55-35-41(66(7-3)8-4)23-31-50(55)57(49)45-13-9-10-14-46(45)59(68)62-37-17-25-43(26-18-37)74-75-44-27-19-38(20-28-44)63-61(73)64-39-21-29-47(60(69)70)52(33-39)58-48-15-11-12-16-53(48)71-56-36-42(67)24-32-51(56)58/h9-11,13-36H,5-8,12H2,1-4H3,(H4-,62,63,64,67,68,69,70,73). The van der Waals surface area contributed by atoms with Crippen molar-refractivity contribution in [2.24, 2.45) is 0 Å². The second-order valence-corrected chi connectivity index (χ2v) is 20.5. The van der Waals surface area contributed by atoms with E-state index in [4.69, 9.17) is 21.4 Å². The number of nitrogens with zero attached hydrogens (tertiary/aromatic N) is 2. The van der Waals surface area contributed by atoms with E-state index in [2.05, 4.69) is 89.5 Å². The van der Waals surface area contributed by atoms with E-state index in [-0.39, 0.29) is 17.2 Å². The molecule has 0 saturated carbocycles. The van der Waals surface area contributed by atoms with Crippen LogP contribution in [0.2, 0.25) is 0 Å². The number of aromatic hydroxyl groups is 1. The normalized spacial score (nSPS) is 12.6. The molecule has 4 N–H and O–H groups in total. The number of thiocarbonyl (C=S) groups is 1. The highest BCUT2D eigenvalue weighted by atomic mass is 33.1. The molecule has 11 nitrogen and oxygen atoms in total. The highest BCUT2D eigenvalue weighted by Crippen LogP contribution is 2.46. The van der Waals surface area contributed by atoms with Gasteiger partial charge in [-0.3, -0.25) is 4.79 Å². The third kappa shape index (κ3) is 10.7. The lowest BCUT2D eigenvalue weighted by atomic mass is 9.85. The van der Waals surface area contributed by atoms with E-state index in [1.807, 2.05) is 91.0 Å². The lowest BCUT2D eigenvalue weighted by molar-refractivity contribution is -0.255. The number of carboxylic acid groups (broad SMARTS) is 1. The summed E-state index contributed by atoms with van der Waals surface area (Å²) in [7, 11) is 3.21. The molecule has 0 unspecified atom stereocenters. The Kier molecular flexibility index (Phi) is 14.9. The monoisotopic (exact) mass is 1050 g/mol. The van der Waals surface area contributed by atoms with Crippen molar-refractivity contribution in [2.45, 2.75) is 43.9 Å². The Morgan fingerprint density at radius 3 is 2.09 bits per heavy atom.